The summed E-state index contributed by atoms with van der Waals surface area (Å²) in [7, 11) is 0. The Kier molecular flexibility index (Phi) is 4.92. The van der Waals surface area contributed by atoms with Gasteiger partial charge in [0.1, 0.15) is 11.8 Å². The molecule has 2 aromatic carbocycles. The number of hydrogen-bond acceptors (Lipinski definition) is 4. The van der Waals surface area contributed by atoms with E-state index < -0.39 is 0 Å². The summed E-state index contributed by atoms with van der Waals surface area (Å²) in [5.74, 6) is 0.547. The Morgan fingerprint density at radius 1 is 1.00 bits per heavy atom. The summed E-state index contributed by atoms with van der Waals surface area (Å²) in [6, 6.07) is 20.1. The van der Waals surface area contributed by atoms with Gasteiger partial charge in [0.2, 0.25) is 0 Å². The Morgan fingerprint density at radius 2 is 1.73 bits per heavy atom. The zero-order valence-corrected chi connectivity index (χ0v) is 11.7. The smallest absolute Gasteiger partial charge is 0.174 e. The molecule has 0 atom stereocenters. The first-order valence-electron chi connectivity index (χ1n) is 6.49. The molecule has 2 rings (SSSR count). The Morgan fingerprint density at radius 3 is 2.36 bits per heavy atom. The fraction of sp³-hybridized carbons (Fsp3) is 0.0556. The highest BCUT2D eigenvalue weighted by molar-refractivity contribution is 5.90. The highest BCUT2D eigenvalue weighted by atomic mass is 16.5. The number of benzene rings is 2. The third kappa shape index (κ3) is 3.51. The summed E-state index contributed by atoms with van der Waals surface area (Å²) in [5, 5.41) is 26.8. The maximum atomic E-state index is 9.36. The van der Waals surface area contributed by atoms with Gasteiger partial charge in [-0.25, -0.2) is 0 Å². The molecule has 0 heterocycles. The van der Waals surface area contributed by atoms with Gasteiger partial charge < -0.3 is 4.74 Å². The maximum absolute atomic E-state index is 9.36. The summed E-state index contributed by atoms with van der Waals surface area (Å²) in [5.41, 5.74) is 2.44. The lowest BCUT2D eigenvalue weighted by atomic mass is 10.0. The molecule has 0 saturated carbocycles. The van der Waals surface area contributed by atoms with Gasteiger partial charge in [-0.3, -0.25) is 0 Å². The van der Waals surface area contributed by atoms with E-state index >= 15 is 0 Å². The molecule has 0 fully saturated rings. The van der Waals surface area contributed by atoms with Crippen LogP contribution in [0.5, 0.6) is 5.75 Å². The Bertz CT molecular complexity index is 815. The van der Waals surface area contributed by atoms with Crippen molar-refractivity contribution >= 4 is 11.6 Å². The van der Waals surface area contributed by atoms with Crippen molar-refractivity contribution in [3.63, 3.8) is 0 Å². The highest BCUT2D eigenvalue weighted by Crippen LogP contribution is 2.24. The molecule has 0 saturated heterocycles. The largest absolute Gasteiger partial charge is 0.478 e. The lowest BCUT2D eigenvalue weighted by Crippen LogP contribution is -1.95. The van der Waals surface area contributed by atoms with E-state index in [1.54, 1.807) is 42.5 Å². The van der Waals surface area contributed by atoms with Gasteiger partial charge in [-0.1, -0.05) is 30.3 Å². The van der Waals surface area contributed by atoms with Gasteiger partial charge in [0.25, 0.3) is 0 Å². The molecule has 4 nitrogen and oxygen atoms in total. The third-order valence-electron chi connectivity index (χ3n) is 2.96. The van der Waals surface area contributed by atoms with Crippen LogP contribution in [-0.2, 0) is 0 Å². The van der Waals surface area contributed by atoms with Crippen LogP contribution < -0.4 is 4.74 Å². The number of nitriles is 3. The molecule has 0 aliphatic carbocycles. The predicted molar refractivity (Wildman–Crippen MR) is 82.2 cm³/mol. The monoisotopic (exact) mass is 285 g/mol. The topological polar surface area (TPSA) is 80.6 Å². The van der Waals surface area contributed by atoms with Crippen LogP contribution in [0.15, 0.2) is 48.5 Å². The normalized spacial score (nSPS) is 10.1. The fourth-order valence-electron chi connectivity index (χ4n) is 1.90. The van der Waals surface area contributed by atoms with Crippen LogP contribution in [-0.4, -0.2) is 6.61 Å². The zero-order chi connectivity index (χ0) is 15.8. The molecular weight excluding hydrogens is 274 g/mol. The van der Waals surface area contributed by atoms with Crippen molar-refractivity contribution < 1.29 is 4.74 Å². The van der Waals surface area contributed by atoms with Crippen LogP contribution in [0.3, 0.4) is 0 Å². The minimum Gasteiger partial charge on any atom is -0.478 e. The molecule has 0 radical (unpaired) electrons. The van der Waals surface area contributed by atoms with E-state index in [4.69, 9.17) is 15.3 Å². The van der Waals surface area contributed by atoms with Gasteiger partial charge in [0.05, 0.1) is 23.3 Å². The summed E-state index contributed by atoms with van der Waals surface area (Å²) < 4.78 is 5.35. The van der Waals surface area contributed by atoms with Crippen LogP contribution in [0, 0.1) is 34.0 Å². The van der Waals surface area contributed by atoms with Gasteiger partial charge >= 0.3 is 0 Å². The zero-order valence-electron chi connectivity index (χ0n) is 11.7. The van der Waals surface area contributed by atoms with E-state index in [9.17, 15) is 5.26 Å². The van der Waals surface area contributed by atoms with E-state index in [-0.39, 0.29) is 6.61 Å². The van der Waals surface area contributed by atoms with E-state index in [2.05, 4.69) is 6.07 Å². The second kappa shape index (κ2) is 7.29. The molecule has 4 heteroatoms. The second-order valence-corrected chi connectivity index (χ2v) is 4.34. The molecule has 0 aliphatic rings. The molecule has 0 amide bonds. The molecule has 0 aromatic heterocycles. The highest BCUT2D eigenvalue weighted by Gasteiger charge is 2.05. The third-order valence-corrected chi connectivity index (χ3v) is 2.96. The Balaban J connectivity index is 2.39. The average molecular weight is 285 g/mol. The average Bonchev–Trinajstić information content (AvgIpc) is 2.59. The molecule has 0 spiro atoms. The van der Waals surface area contributed by atoms with Crippen molar-refractivity contribution in [1.82, 2.24) is 0 Å². The van der Waals surface area contributed by atoms with Gasteiger partial charge in [0, 0.05) is 5.56 Å². The van der Waals surface area contributed by atoms with E-state index in [0.29, 0.717) is 16.9 Å². The number of rotatable bonds is 4. The number of ether oxygens (including phenoxy) is 1. The van der Waals surface area contributed by atoms with Crippen LogP contribution >= 0.6 is 0 Å². The van der Waals surface area contributed by atoms with E-state index in [1.807, 2.05) is 24.3 Å². The van der Waals surface area contributed by atoms with Crippen molar-refractivity contribution in [2.75, 3.05) is 6.61 Å². The molecular formula is C18H11N3O. The summed E-state index contributed by atoms with van der Waals surface area (Å²) in [6.07, 6.45) is 1.70. The van der Waals surface area contributed by atoms with Gasteiger partial charge in [-0.05, 0) is 29.8 Å². The van der Waals surface area contributed by atoms with E-state index in [1.165, 1.54) is 0 Å². The Labute approximate surface area is 128 Å². The summed E-state index contributed by atoms with van der Waals surface area (Å²) in [4.78, 5) is 0. The lowest BCUT2D eigenvalue weighted by Gasteiger charge is -2.06. The molecule has 0 bridgehead atoms. The molecule has 2 aromatic rings. The van der Waals surface area contributed by atoms with Crippen molar-refractivity contribution in [2.45, 2.75) is 0 Å². The van der Waals surface area contributed by atoms with Gasteiger partial charge in [0.15, 0.2) is 6.61 Å². The van der Waals surface area contributed by atoms with E-state index in [0.717, 1.165) is 11.1 Å². The molecule has 22 heavy (non-hydrogen) atoms. The SMILES string of the molecule is N#CCOc1ccccc1/C=C(/C#N)c1ccc(C#N)cc1. The van der Waals surface area contributed by atoms with Crippen molar-refractivity contribution in [1.29, 1.82) is 15.8 Å². The van der Waals surface area contributed by atoms with Crippen LogP contribution in [0.4, 0.5) is 0 Å². The molecule has 0 unspecified atom stereocenters. The summed E-state index contributed by atoms with van der Waals surface area (Å²) >= 11 is 0. The molecule has 0 N–H and O–H groups in total. The minimum absolute atomic E-state index is 0.0520. The first-order chi connectivity index (χ1) is 10.8. The summed E-state index contributed by atoms with van der Waals surface area (Å²) in [6.45, 7) is -0.0520. The number of nitrogens with zero attached hydrogens (tertiary/aromatic N) is 3. The Hall–Kier alpha value is -3.55. The molecule has 0 aliphatic heterocycles. The number of hydrogen-bond donors (Lipinski definition) is 0. The van der Waals surface area contributed by atoms with Crippen molar-refractivity contribution in [3.8, 4) is 24.0 Å². The van der Waals surface area contributed by atoms with Crippen LogP contribution in [0.2, 0.25) is 0 Å². The second-order valence-electron chi connectivity index (χ2n) is 4.34. The number of allylic oxidation sites excluding steroid dienone is 1. The quantitative estimate of drug-likeness (QED) is 0.635. The van der Waals surface area contributed by atoms with Crippen LogP contribution in [0.25, 0.3) is 11.6 Å². The fourth-order valence-corrected chi connectivity index (χ4v) is 1.90. The maximum Gasteiger partial charge on any atom is 0.174 e. The number of para-hydroxylation sites is 1. The predicted octanol–water partition coefficient (Wildman–Crippen LogP) is 3.52. The first-order valence-corrected chi connectivity index (χ1v) is 6.49. The van der Waals surface area contributed by atoms with Crippen molar-refractivity contribution in [3.05, 3.63) is 65.2 Å². The first kappa shape index (κ1) is 14.9. The minimum atomic E-state index is -0.0520. The molecule has 104 valence electrons. The lowest BCUT2D eigenvalue weighted by molar-refractivity contribution is 0.367. The standard InChI is InChI=1S/C18H11N3O/c19-9-10-22-18-4-2-1-3-16(18)11-17(13-21)15-7-5-14(12-20)6-8-15/h1-8,11H,10H2/b17-11-. The van der Waals surface area contributed by atoms with Crippen molar-refractivity contribution in [2.24, 2.45) is 0 Å². The van der Waals surface area contributed by atoms with Gasteiger partial charge in [-0.15, -0.1) is 0 Å². The van der Waals surface area contributed by atoms with Crippen LogP contribution in [0.1, 0.15) is 16.7 Å². The van der Waals surface area contributed by atoms with Gasteiger partial charge in [-0.2, -0.15) is 15.8 Å².